The van der Waals surface area contributed by atoms with Gasteiger partial charge in [-0.05, 0) is 24.3 Å². The van der Waals surface area contributed by atoms with Gasteiger partial charge in [0.2, 0.25) is 5.88 Å². The number of ether oxygens (including phenoxy) is 1. The maximum absolute atomic E-state index is 14.0. The van der Waals surface area contributed by atoms with E-state index in [2.05, 4.69) is 14.9 Å². The zero-order chi connectivity index (χ0) is 18.6. The molecule has 0 bridgehead atoms. The van der Waals surface area contributed by atoms with Gasteiger partial charge in [-0.25, -0.2) is 18.7 Å². The molecule has 0 spiro atoms. The van der Waals surface area contributed by atoms with Crippen LogP contribution in [0.2, 0.25) is 0 Å². The number of rotatable bonds is 4. The number of benzene rings is 2. The van der Waals surface area contributed by atoms with Crippen LogP contribution in [-0.2, 0) is 0 Å². The minimum Gasteiger partial charge on any atom is -0.439 e. The van der Waals surface area contributed by atoms with Crippen molar-refractivity contribution in [1.29, 1.82) is 0 Å². The first-order valence-corrected chi connectivity index (χ1v) is 8.69. The van der Waals surface area contributed by atoms with Gasteiger partial charge in [-0.2, -0.15) is 0 Å². The summed E-state index contributed by atoms with van der Waals surface area (Å²) in [4.78, 5) is 12.5. The van der Waals surface area contributed by atoms with Crippen molar-refractivity contribution in [2.24, 2.45) is 0 Å². The van der Waals surface area contributed by atoms with Gasteiger partial charge >= 0.3 is 0 Å². The van der Waals surface area contributed by atoms with Gasteiger partial charge in [0.05, 0.1) is 5.69 Å². The van der Waals surface area contributed by atoms with Gasteiger partial charge in [0.25, 0.3) is 0 Å². The van der Waals surface area contributed by atoms with Crippen LogP contribution < -0.4 is 14.5 Å². The lowest BCUT2D eigenvalue weighted by atomic mass is 10.2. The van der Waals surface area contributed by atoms with Gasteiger partial charge in [-0.15, -0.1) is 0 Å². The second-order valence-corrected chi connectivity index (χ2v) is 6.20. The van der Waals surface area contributed by atoms with Crippen LogP contribution in [0.3, 0.4) is 0 Å². The Morgan fingerprint density at radius 3 is 2.37 bits per heavy atom. The molecule has 1 aliphatic rings. The average Bonchev–Trinajstić information content (AvgIpc) is 2.69. The summed E-state index contributed by atoms with van der Waals surface area (Å²) < 4.78 is 32.9. The summed E-state index contributed by atoms with van der Waals surface area (Å²) in [6.45, 7) is 2.77. The maximum Gasteiger partial charge on any atom is 0.224 e. The van der Waals surface area contributed by atoms with Crippen LogP contribution in [0.1, 0.15) is 0 Å². The third-order valence-corrected chi connectivity index (χ3v) is 4.44. The van der Waals surface area contributed by atoms with E-state index in [0.29, 0.717) is 43.5 Å². The van der Waals surface area contributed by atoms with Gasteiger partial charge in [0.1, 0.15) is 29.5 Å². The van der Waals surface area contributed by atoms with E-state index in [1.54, 1.807) is 30.3 Å². The van der Waals surface area contributed by atoms with Crippen LogP contribution in [0.15, 0.2) is 60.9 Å². The van der Waals surface area contributed by atoms with E-state index < -0.39 is 0 Å². The quantitative estimate of drug-likeness (QED) is 0.699. The van der Waals surface area contributed by atoms with Crippen LogP contribution >= 0.6 is 0 Å². The zero-order valence-electron chi connectivity index (χ0n) is 14.6. The standard InChI is InChI=1S/C20H18F2N4O/c21-15-4-3-5-16(12-15)27-20-13-19(23-14-24-20)26-10-8-25(9-11-26)18-7-2-1-6-17(18)22/h1-7,12-14H,8-11H2. The molecule has 4 rings (SSSR count). The molecule has 2 heterocycles. The van der Waals surface area contributed by atoms with Gasteiger partial charge in [0.15, 0.2) is 0 Å². The molecule has 1 aliphatic heterocycles. The first-order valence-electron chi connectivity index (χ1n) is 8.69. The predicted molar refractivity (Wildman–Crippen MR) is 99.3 cm³/mol. The molecule has 27 heavy (non-hydrogen) atoms. The fraction of sp³-hybridized carbons (Fsp3) is 0.200. The minimum atomic E-state index is -0.369. The van der Waals surface area contributed by atoms with Crippen LogP contribution in [-0.4, -0.2) is 36.1 Å². The lowest BCUT2D eigenvalue weighted by molar-refractivity contribution is 0.456. The van der Waals surface area contributed by atoms with Crippen molar-refractivity contribution in [3.05, 3.63) is 72.6 Å². The van der Waals surface area contributed by atoms with Crippen LogP contribution in [0.4, 0.5) is 20.3 Å². The van der Waals surface area contributed by atoms with Gasteiger partial charge in [-0.1, -0.05) is 18.2 Å². The molecule has 0 N–H and O–H groups in total. The highest BCUT2D eigenvalue weighted by molar-refractivity contribution is 5.50. The summed E-state index contributed by atoms with van der Waals surface area (Å²) in [6, 6.07) is 14.4. The molecule has 3 aromatic rings. The summed E-state index contributed by atoms with van der Waals surface area (Å²) in [5.41, 5.74) is 0.620. The molecule has 1 aromatic heterocycles. The number of aromatic nitrogens is 2. The summed E-state index contributed by atoms with van der Waals surface area (Å²) in [5, 5.41) is 0. The lowest BCUT2D eigenvalue weighted by Crippen LogP contribution is -2.47. The van der Waals surface area contributed by atoms with E-state index in [1.807, 2.05) is 11.0 Å². The molecule has 0 atom stereocenters. The van der Waals surface area contributed by atoms with Crippen LogP contribution in [0.5, 0.6) is 11.6 Å². The molecule has 1 fully saturated rings. The summed E-state index contributed by atoms with van der Waals surface area (Å²) >= 11 is 0. The maximum atomic E-state index is 14.0. The monoisotopic (exact) mass is 368 g/mol. The molecule has 0 aliphatic carbocycles. The van der Waals surface area contributed by atoms with Crippen molar-refractivity contribution in [1.82, 2.24) is 9.97 Å². The molecular formula is C20H18F2N4O. The fourth-order valence-corrected chi connectivity index (χ4v) is 3.09. The normalized spacial score (nSPS) is 14.3. The molecule has 7 heteroatoms. The van der Waals surface area contributed by atoms with E-state index in [9.17, 15) is 8.78 Å². The lowest BCUT2D eigenvalue weighted by Gasteiger charge is -2.36. The van der Waals surface area contributed by atoms with Crippen molar-refractivity contribution in [2.45, 2.75) is 0 Å². The predicted octanol–water partition coefficient (Wildman–Crippen LogP) is 3.87. The average molecular weight is 368 g/mol. The smallest absolute Gasteiger partial charge is 0.224 e. The van der Waals surface area contributed by atoms with E-state index in [4.69, 9.17) is 4.74 Å². The summed E-state index contributed by atoms with van der Waals surface area (Å²) in [6.07, 6.45) is 1.42. The first kappa shape index (κ1) is 17.2. The largest absolute Gasteiger partial charge is 0.439 e. The molecular weight excluding hydrogens is 350 g/mol. The molecule has 2 aromatic carbocycles. The molecule has 138 valence electrons. The summed E-state index contributed by atoms with van der Waals surface area (Å²) in [7, 11) is 0. The van der Waals surface area contributed by atoms with Crippen molar-refractivity contribution in [3.63, 3.8) is 0 Å². The highest BCUT2D eigenvalue weighted by Crippen LogP contribution is 2.25. The number of para-hydroxylation sites is 1. The molecule has 1 saturated heterocycles. The van der Waals surface area contributed by atoms with E-state index in [-0.39, 0.29) is 11.6 Å². The minimum absolute atomic E-state index is 0.209. The number of halogens is 2. The Kier molecular flexibility index (Phi) is 4.82. The van der Waals surface area contributed by atoms with E-state index >= 15 is 0 Å². The number of nitrogens with zero attached hydrogens (tertiary/aromatic N) is 4. The molecule has 0 amide bonds. The van der Waals surface area contributed by atoms with Crippen LogP contribution in [0.25, 0.3) is 0 Å². The van der Waals surface area contributed by atoms with E-state index in [0.717, 1.165) is 5.82 Å². The first-order chi connectivity index (χ1) is 13.2. The molecule has 0 radical (unpaired) electrons. The molecule has 0 saturated carbocycles. The third-order valence-electron chi connectivity index (χ3n) is 4.44. The van der Waals surface area contributed by atoms with Crippen molar-refractivity contribution < 1.29 is 13.5 Å². The topological polar surface area (TPSA) is 41.5 Å². The van der Waals surface area contributed by atoms with E-state index in [1.165, 1.54) is 24.5 Å². The summed E-state index contributed by atoms with van der Waals surface area (Å²) in [5.74, 6) is 0.876. The Hall–Kier alpha value is -3.22. The zero-order valence-corrected chi connectivity index (χ0v) is 14.6. The van der Waals surface area contributed by atoms with Crippen molar-refractivity contribution in [3.8, 4) is 11.6 Å². The number of piperazine rings is 1. The highest BCUT2D eigenvalue weighted by Gasteiger charge is 2.20. The molecule has 0 unspecified atom stereocenters. The van der Waals surface area contributed by atoms with Crippen molar-refractivity contribution >= 4 is 11.5 Å². The Labute approximate surface area is 155 Å². The number of hydrogen-bond donors (Lipinski definition) is 0. The van der Waals surface area contributed by atoms with Crippen LogP contribution in [0, 0.1) is 11.6 Å². The second-order valence-electron chi connectivity index (χ2n) is 6.20. The Morgan fingerprint density at radius 2 is 1.59 bits per heavy atom. The Balaban J connectivity index is 1.43. The SMILES string of the molecule is Fc1cccc(Oc2cc(N3CCN(c4ccccc4F)CC3)ncn2)c1. The number of anilines is 2. The Bertz CT molecular complexity index is 929. The Morgan fingerprint density at radius 1 is 0.815 bits per heavy atom. The number of hydrogen-bond acceptors (Lipinski definition) is 5. The highest BCUT2D eigenvalue weighted by atomic mass is 19.1. The molecule has 5 nitrogen and oxygen atoms in total. The van der Waals surface area contributed by atoms with Gasteiger partial charge in [0, 0.05) is 38.3 Å². The van der Waals surface area contributed by atoms with Crippen molar-refractivity contribution in [2.75, 3.05) is 36.0 Å². The fourth-order valence-electron chi connectivity index (χ4n) is 3.09. The second kappa shape index (κ2) is 7.57. The van der Waals surface area contributed by atoms with Gasteiger partial charge < -0.3 is 14.5 Å². The third kappa shape index (κ3) is 3.97. The van der Waals surface area contributed by atoms with Gasteiger partial charge in [-0.3, -0.25) is 0 Å².